The molecular formula is C19H12N4O2. The van der Waals surface area contributed by atoms with Crippen LogP contribution in [0.3, 0.4) is 0 Å². The van der Waals surface area contributed by atoms with Crippen LogP contribution in [0.15, 0.2) is 65.2 Å². The molecule has 0 saturated carbocycles. The lowest BCUT2D eigenvalue weighted by molar-refractivity contribution is 0.264. The molecule has 0 atom stereocenters. The zero-order valence-electron chi connectivity index (χ0n) is 13.1. The third-order valence-electron chi connectivity index (χ3n) is 3.70. The first-order valence-corrected chi connectivity index (χ1v) is 7.63. The largest absolute Gasteiger partial charge is 0.482 e. The number of fused-ring (bicyclic) bond motifs is 1. The Kier molecular flexibility index (Phi) is 3.81. The molecule has 0 unspecified atom stereocenters. The topological polar surface area (TPSA) is 84.8 Å². The van der Waals surface area contributed by atoms with E-state index in [0.29, 0.717) is 23.1 Å². The number of rotatable bonds is 4. The Labute approximate surface area is 143 Å². The number of ether oxygens (including phenoxy) is 1. The molecule has 2 aromatic heterocycles. The summed E-state index contributed by atoms with van der Waals surface area (Å²) in [6.45, 7) is 0.0920. The first-order valence-electron chi connectivity index (χ1n) is 7.63. The third-order valence-corrected chi connectivity index (χ3v) is 3.70. The van der Waals surface area contributed by atoms with Gasteiger partial charge in [0.1, 0.15) is 11.8 Å². The van der Waals surface area contributed by atoms with E-state index in [1.807, 2.05) is 30.3 Å². The normalized spacial score (nSPS) is 10.5. The summed E-state index contributed by atoms with van der Waals surface area (Å²) in [6, 6.07) is 18.7. The summed E-state index contributed by atoms with van der Waals surface area (Å²) in [5, 5.41) is 18.1. The smallest absolute Gasteiger partial charge is 0.254 e. The summed E-state index contributed by atoms with van der Waals surface area (Å²) in [7, 11) is 0. The number of para-hydroxylation sites is 1. The van der Waals surface area contributed by atoms with Gasteiger partial charge < -0.3 is 9.15 Å². The second-order valence-corrected chi connectivity index (χ2v) is 5.27. The van der Waals surface area contributed by atoms with Crippen LogP contribution in [-0.4, -0.2) is 15.2 Å². The molecule has 0 N–H and O–H groups in total. The zero-order valence-corrected chi connectivity index (χ0v) is 13.1. The Morgan fingerprint density at radius 2 is 1.92 bits per heavy atom. The molecule has 0 radical (unpaired) electrons. The molecule has 0 aliphatic carbocycles. The van der Waals surface area contributed by atoms with Crippen LogP contribution in [0.5, 0.6) is 5.75 Å². The molecule has 6 heteroatoms. The number of hydrogen-bond donors (Lipinski definition) is 0. The third kappa shape index (κ3) is 2.91. The average molecular weight is 328 g/mol. The fraction of sp³-hybridized carbons (Fsp3) is 0.0526. The van der Waals surface area contributed by atoms with E-state index in [2.05, 4.69) is 21.3 Å². The second kappa shape index (κ2) is 6.42. The fourth-order valence-electron chi connectivity index (χ4n) is 2.53. The first kappa shape index (κ1) is 14.8. The molecule has 6 nitrogen and oxygen atoms in total. The molecule has 2 heterocycles. The lowest BCUT2D eigenvalue weighted by atomic mass is 10.1. The lowest BCUT2D eigenvalue weighted by Gasteiger charge is -2.04. The summed E-state index contributed by atoms with van der Waals surface area (Å²) in [6.07, 6.45) is 1.74. The van der Waals surface area contributed by atoms with Crippen molar-refractivity contribution < 1.29 is 9.15 Å². The van der Waals surface area contributed by atoms with Crippen LogP contribution in [0.2, 0.25) is 0 Å². The summed E-state index contributed by atoms with van der Waals surface area (Å²) in [5.74, 6) is 1.23. The number of nitrogens with zero attached hydrogens (tertiary/aromatic N) is 4. The highest BCUT2D eigenvalue weighted by Crippen LogP contribution is 2.27. The van der Waals surface area contributed by atoms with Gasteiger partial charge >= 0.3 is 0 Å². The number of pyridine rings is 1. The predicted molar refractivity (Wildman–Crippen MR) is 90.5 cm³/mol. The molecule has 0 amide bonds. The molecule has 0 aliphatic heterocycles. The molecule has 0 aliphatic rings. The minimum absolute atomic E-state index is 0.0920. The van der Waals surface area contributed by atoms with Crippen molar-refractivity contribution in [3.63, 3.8) is 0 Å². The van der Waals surface area contributed by atoms with Crippen molar-refractivity contribution in [2.75, 3.05) is 0 Å². The van der Waals surface area contributed by atoms with Crippen LogP contribution >= 0.6 is 0 Å². The van der Waals surface area contributed by atoms with E-state index < -0.39 is 0 Å². The Morgan fingerprint density at radius 1 is 1.00 bits per heavy atom. The average Bonchev–Trinajstić information content (AvgIpc) is 3.15. The van der Waals surface area contributed by atoms with E-state index in [1.54, 1.807) is 30.5 Å². The van der Waals surface area contributed by atoms with Crippen molar-refractivity contribution in [3.05, 3.63) is 72.2 Å². The van der Waals surface area contributed by atoms with Crippen molar-refractivity contribution in [1.29, 1.82) is 5.26 Å². The monoisotopic (exact) mass is 328 g/mol. The van der Waals surface area contributed by atoms with Gasteiger partial charge in [-0.15, -0.1) is 10.2 Å². The van der Waals surface area contributed by atoms with Crippen molar-refractivity contribution in [2.24, 2.45) is 0 Å². The van der Waals surface area contributed by atoms with Gasteiger partial charge in [0.2, 0.25) is 5.89 Å². The minimum Gasteiger partial charge on any atom is -0.482 e. The lowest BCUT2D eigenvalue weighted by Crippen LogP contribution is -1.97. The number of hydrogen-bond acceptors (Lipinski definition) is 6. The van der Waals surface area contributed by atoms with Gasteiger partial charge in [0.25, 0.3) is 5.89 Å². The van der Waals surface area contributed by atoms with Crippen molar-refractivity contribution in [1.82, 2.24) is 15.2 Å². The number of nitriles is 1. The highest BCUT2D eigenvalue weighted by molar-refractivity contribution is 5.92. The molecule has 4 rings (SSSR count). The molecule has 0 spiro atoms. The van der Waals surface area contributed by atoms with Crippen molar-refractivity contribution in [2.45, 2.75) is 6.61 Å². The molecule has 0 bridgehead atoms. The quantitative estimate of drug-likeness (QED) is 0.567. The molecule has 4 aromatic rings. The summed E-state index contributed by atoms with van der Waals surface area (Å²) >= 11 is 0. The maximum absolute atomic E-state index is 9.08. The van der Waals surface area contributed by atoms with E-state index in [4.69, 9.17) is 14.4 Å². The molecule has 120 valence electrons. The van der Waals surface area contributed by atoms with E-state index in [0.717, 1.165) is 16.5 Å². The predicted octanol–water partition coefficient (Wildman–Crippen LogP) is 3.74. The van der Waals surface area contributed by atoms with Crippen LogP contribution in [0.25, 0.3) is 22.4 Å². The second-order valence-electron chi connectivity index (χ2n) is 5.27. The summed E-state index contributed by atoms with van der Waals surface area (Å²) in [5.41, 5.74) is 2.14. The van der Waals surface area contributed by atoms with Crippen LogP contribution in [0, 0.1) is 11.3 Å². The standard InChI is InChI=1S/C19H12N4O2/c20-11-13-5-1-2-9-17(13)24-12-18-22-23-19(25-18)15-6-3-8-16-14(15)7-4-10-21-16/h1-10H,12H2. The number of benzene rings is 2. The SMILES string of the molecule is N#Cc1ccccc1OCc1nnc(-c2cccc3ncccc23)o1. The van der Waals surface area contributed by atoms with Gasteiger partial charge in [0.15, 0.2) is 6.61 Å². The van der Waals surface area contributed by atoms with Crippen molar-refractivity contribution in [3.8, 4) is 23.3 Å². The molecule has 25 heavy (non-hydrogen) atoms. The van der Waals surface area contributed by atoms with Gasteiger partial charge in [-0.1, -0.05) is 24.3 Å². The first-order chi connectivity index (χ1) is 12.3. The number of aromatic nitrogens is 3. The Morgan fingerprint density at radius 3 is 2.84 bits per heavy atom. The zero-order chi connectivity index (χ0) is 17.1. The van der Waals surface area contributed by atoms with Gasteiger partial charge in [0.05, 0.1) is 11.1 Å². The Balaban J connectivity index is 1.59. The van der Waals surface area contributed by atoms with Gasteiger partial charge in [-0.25, -0.2) is 0 Å². The van der Waals surface area contributed by atoms with Gasteiger partial charge in [0, 0.05) is 17.1 Å². The highest BCUT2D eigenvalue weighted by Gasteiger charge is 2.13. The molecular weight excluding hydrogens is 316 g/mol. The van der Waals surface area contributed by atoms with Gasteiger partial charge in [-0.05, 0) is 30.3 Å². The van der Waals surface area contributed by atoms with E-state index in [1.165, 1.54) is 0 Å². The van der Waals surface area contributed by atoms with Crippen molar-refractivity contribution >= 4 is 10.9 Å². The van der Waals surface area contributed by atoms with Crippen LogP contribution in [0.1, 0.15) is 11.5 Å². The Bertz CT molecular complexity index is 1080. The molecule has 0 fully saturated rings. The Hall–Kier alpha value is -3.72. The van der Waals surface area contributed by atoms with Crippen LogP contribution in [0.4, 0.5) is 0 Å². The minimum atomic E-state index is 0.0920. The highest BCUT2D eigenvalue weighted by atomic mass is 16.5. The van der Waals surface area contributed by atoms with E-state index in [9.17, 15) is 0 Å². The van der Waals surface area contributed by atoms with E-state index >= 15 is 0 Å². The summed E-state index contributed by atoms with van der Waals surface area (Å²) < 4.78 is 11.3. The maximum Gasteiger partial charge on any atom is 0.254 e. The van der Waals surface area contributed by atoms with Crippen LogP contribution in [-0.2, 0) is 6.61 Å². The van der Waals surface area contributed by atoms with Gasteiger partial charge in [-0.3, -0.25) is 4.98 Å². The van der Waals surface area contributed by atoms with E-state index in [-0.39, 0.29) is 6.61 Å². The molecule has 2 aromatic carbocycles. The van der Waals surface area contributed by atoms with Crippen LogP contribution < -0.4 is 4.74 Å². The summed E-state index contributed by atoms with van der Waals surface area (Å²) in [4.78, 5) is 4.32. The molecule has 0 saturated heterocycles. The fourth-order valence-corrected chi connectivity index (χ4v) is 2.53. The maximum atomic E-state index is 9.08. The van der Waals surface area contributed by atoms with Gasteiger partial charge in [-0.2, -0.15) is 5.26 Å².